The molecule has 0 unspecified atom stereocenters. The van der Waals surface area contributed by atoms with Gasteiger partial charge in [-0.25, -0.2) is 9.59 Å². The molecule has 11 nitrogen and oxygen atoms in total. The lowest BCUT2D eigenvalue weighted by Gasteiger charge is -2.16. The van der Waals surface area contributed by atoms with E-state index in [-0.39, 0.29) is 42.5 Å². The first-order chi connectivity index (χ1) is 13.2. The number of carbonyl (C=O) groups is 6. The largest absolute Gasteiger partial charge is 0.399 e. The Morgan fingerprint density at radius 3 is 2.25 bits per heavy atom. The summed E-state index contributed by atoms with van der Waals surface area (Å²) in [5.41, 5.74) is 5.32. The molecule has 11 heteroatoms. The fourth-order valence-corrected chi connectivity index (χ4v) is 2.25. The summed E-state index contributed by atoms with van der Waals surface area (Å²) in [6, 6.07) is 3.47. The molecule has 0 spiro atoms. The Labute approximate surface area is 158 Å². The van der Waals surface area contributed by atoms with Crippen molar-refractivity contribution in [2.24, 2.45) is 0 Å². The third-order valence-corrected chi connectivity index (χ3v) is 3.65. The number of hydroxylamine groups is 4. The molecule has 1 aliphatic heterocycles. The van der Waals surface area contributed by atoms with E-state index in [0.717, 1.165) is 6.07 Å². The lowest BCUT2D eigenvalue weighted by molar-refractivity contribution is -0.172. The van der Waals surface area contributed by atoms with Gasteiger partial charge in [-0.15, -0.1) is 5.06 Å². The van der Waals surface area contributed by atoms with Gasteiger partial charge in [-0.2, -0.15) is 5.06 Å². The van der Waals surface area contributed by atoms with Crippen molar-refractivity contribution in [2.45, 2.75) is 25.7 Å². The fraction of sp³-hybridized carbons (Fsp3) is 0.294. The predicted molar refractivity (Wildman–Crippen MR) is 90.8 cm³/mol. The molecule has 1 fully saturated rings. The van der Waals surface area contributed by atoms with Gasteiger partial charge in [0, 0.05) is 38.4 Å². The Morgan fingerprint density at radius 1 is 1.11 bits per heavy atom. The summed E-state index contributed by atoms with van der Waals surface area (Å²) in [5.74, 6) is -3.97. The van der Waals surface area contributed by atoms with Crippen molar-refractivity contribution in [3.63, 3.8) is 0 Å². The van der Waals surface area contributed by atoms with E-state index in [2.05, 4.69) is 0 Å². The monoisotopic (exact) mass is 391 g/mol. The van der Waals surface area contributed by atoms with Crippen molar-refractivity contribution in [2.75, 3.05) is 12.8 Å². The van der Waals surface area contributed by atoms with Crippen LogP contribution in [0.25, 0.3) is 0 Å². The Balaban J connectivity index is 2.11. The lowest BCUT2D eigenvalue weighted by atomic mass is 10.1. The number of hydrogen-bond acceptors (Lipinski definition) is 9. The molecule has 1 aromatic rings. The maximum atomic E-state index is 12.2. The molecular weight excluding hydrogens is 374 g/mol. The van der Waals surface area contributed by atoms with Crippen molar-refractivity contribution in [1.29, 1.82) is 0 Å². The summed E-state index contributed by atoms with van der Waals surface area (Å²) < 4.78 is 0. The number of nitrogens with two attached hydrogens (primary N) is 1. The van der Waals surface area contributed by atoms with E-state index in [1.165, 1.54) is 19.2 Å². The number of imide groups is 1. The Bertz CT molecular complexity index is 835. The smallest absolute Gasteiger partial charge is 0.364 e. The zero-order chi connectivity index (χ0) is 20.8. The minimum Gasteiger partial charge on any atom is -0.399 e. The number of amides is 3. The molecule has 148 valence electrons. The summed E-state index contributed by atoms with van der Waals surface area (Å²) >= 11 is 0. The number of anilines is 1. The Kier molecular flexibility index (Phi) is 6.42. The summed E-state index contributed by atoms with van der Waals surface area (Å²) in [4.78, 5) is 79.0. The first kappa shape index (κ1) is 20.6. The summed E-state index contributed by atoms with van der Waals surface area (Å²) in [5, 5.41) is 1.03. The van der Waals surface area contributed by atoms with Crippen LogP contribution < -0.4 is 5.73 Å². The molecule has 0 aromatic heterocycles. The zero-order valence-electron chi connectivity index (χ0n) is 14.9. The number of rotatable bonds is 6. The minimum atomic E-state index is -1.07. The highest BCUT2D eigenvalue weighted by Crippen LogP contribution is 2.18. The van der Waals surface area contributed by atoms with Gasteiger partial charge < -0.3 is 20.2 Å². The molecule has 1 aliphatic rings. The number of carbonyl (C=O) groups excluding carboxylic acids is 6. The highest BCUT2D eigenvalue weighted by atomic mass is 16.7. The van der Waals surface area contributed by atoms with Crippen molar-refractivity contribution in [3.8, 4) is 0 Å². The van der Waals surface area contributed by atoms with Gasteiger partial charge in [-0.1, -0.05) is 0 Å². The number of aldehydes is 1. The second-order valence-electron chi connectivity index (χ2n) is 5.78. The highest BCUT2D eigenvalue weighted by Gasteiger charge is 2.33. The van der Waals surface area contributed by atoms with Crippen LogP contribution in [0.15, 0.2) is 18.2 Å². The average molecular weight is 391 g/mol. The van der Waals surface area contributed by atoms with Crippen LogP contribution in [0.2, 0.25) is 0 Å². The second kappa shape index (κ2) is 8.75. The molecule has 1 saturated heterocycles. The molecule has 1 heterocycles. The quantitative estimate of drug-likeness (QED) is 0.305. The van der Waals surface area contributed by atoms with Gasteiger partial charge in [-0.3, -0.25) is 14.4 Å². The van der Waals surface area contributed by atoms with Crippen LogP contribution in [0.5, 0.6) is 0 Å². The highest BCUT2D eigenvalue weighted by molar-refractivity contribution is 6.03. The molecule has 0 saturated carbocycles. The maximum absolute atomic E-state index is 12.2. The molecular formula is C17H17N3O8. The van der Waals surface area contributed by atoms with Crippen LogP contribution in [-0.4, -0.2) is 53.1 Å². The fourth-order valence-electron chi connectivity index (χ4n) is 2.25. The SMILES string of the molecule is CN(OC(=O)c1cc(N)cc(C(=O)ON2C(=O)CCC2=O)c1)C(=O)CCC=O. The molecule has 0 radical (unpaired) electrons. The zero-order valence-corrected chi connectivity index (χ0v) is 14.9. The van der Waals surface area contributed by atoms with Crippen molar-refractivity contribution in [3.05, 3.63) is 29.3 Å². The number of nitrogen functional groups attached to an aromatic ring is 1. The van der Waals surface area contributed by atoms with Gasteiger partial charge in [0.15, 0.2) is 0 Å². The summed E-state index contributed by atoms with van der Waals surface area (Å²) in [7, 11) is 1.19. The number of benzene rings is 1. The molecule has 0 aliphatic carbocycles. The maximum Gasteiger partial charge on any atom is 0.364 e. The molecule has 28 heavy (non-hydrogen) atoms. The van der Waals surface area contributed by atoms with Crippen LogP contribution in [-0.2, 0) is 28.9 Å². The average Bonchev–Trinajstić information content (AvgIpc) is 2.97. The van der Waals surface area contributed by atoms with Crippen LogP contribution in [0, 0.1) is 0 Å². The van der Waals surface area contributed by atoms with Gasteiger partial charge in [0.25, 0.3) is 17.7 Å². The third kappa shape index (κ3) is 4.90. The normalized spacial score (nSPS) is 13.2. The minimum absolute atomic E-state index is 0.00964. The number of hydrogen-bond donors (Lipinski definition) is 1. The van der Waals surface area contributed by atoms with E-state index >= 15 is 0 Å². The lowest BCUT2D eigenvalue weighted by Crippen LogP contribution is -2.32. The Morgan fingerprint density at radius 2 is 1.68 bits per heavy atom. The summed E-state index contributed by atoms with van der Waals surface area (Å²) in [6.07, 6.45) is 0.262. The third-order valence-electron chi connectivity index (χ3n) is 3.65. The first-order valence-corrected chi connectivity index (χ1v) is 8.14. The van der Waals surface area contributed by atoms with E-state index in [9.17, 15) is 28.8 Å². The van der Waals surface area contributed by atoms with E-state index in [1.807, 2.05) is 0 Å². The van der Waals surface area contributed by atoms with E-state index in [1.54, 1.807) is 0 Å². The first-order valence-electron chi connectivity index (χ1n) is 8.14. The molecule has 0 bridgehead atoms. The molecule has 3 amide bonds. The number of nitrogens with zero attached hydrogens (tertiary/aromatic N) is 2. The van der Waals surface area contributed by atoms with Crippen molar-refractivity contribution < 1.29 is 38.4 Å². The second-order valence-corrected chi connectivity index (χ2v) is 5.78. The predicted octanol–water partition coefficient (Wildman–Crippen LogP) is -0.00110. The Hall–Kier alpha value is -3.76. The van der Waals surface area contributed by atoms with Gasteiger partial charge in [0.05, 0.1) is 11.1 Å². The van der Waals surface area contributed by atoms with E-state index in [0.29, 0.717) is 16.4 Å². The van der Waals surface area contributed by atoms with Crippen molar-refractivity contribution in [1.82, 2.24) is 10.1 Å². The van der Waals surface area contributed by atoms with Gasteiger partial charge >= 0.3 is 11.9 Å². The van der Waals surface area contributed by atoms with Crippen LogP contribution in [0.3, 0.4) is 0 Å². The van der Waals surface area contributed by atoms with Gasteiger partial charge in [0.2, 0.25) is 0 Å². The standard InChI is InChI=1S/C17H17N3O8/c1-19(13(22)3-2-6-21)27-16(25)10-7-11(9-12(18)8-10)17(26)28-20-14(23)4-5-15(20)24/h6-9H,2-5,18H2,1H3. The topological polar surface area (TPSA) is 153 Å². The molecule has 2 rings (SSSR count). The van der Waals surface area contributed by atoms with Crippen LogP contribution in [0.4, 0.5) is 5.69 Å². The van der Waals surface area contributed by atoms with Crippen molar-refractivity contribution >= 4 is 41.6 Å². The molecule has 0 atom stereocenters. The van der Waals surface area contributed by atoms with Crippen LogP contribution in [0.1, 0.15) is 46.4 Å². The molecule has 1 aromatic carbocycles. The van der Waals surface area contributed by atoms with Gasteiger partial charge in [0.1, 0.15) is 6.29 Å². The van der Waals surface area contributed by atoms with Crippen LogP contribution >= 0.6 is 0 Å². The van der Waals surface area contributed by atoms with E-state index in [4.69, 9.17) is 15.4 Å². The molecule has 2 N–H and O–H groups in total. The summed E-state index contributed by atoms with van der Waals surface area (Å²) in [6.45, 7) is 0. The van der Waals surface area contributed by atoms with E-state index < -0.39 is 29.7 Å². The van der Waals surface area contributed by atoms with Gasteiger partial charge in [-0.05, 0) is 18.2 Å².